The first-order valence-corrected chi connectivity index (χ1v) is 9.72. The topological polar surface area (TPSA) is 75.3 Å². The van der Waals surface area contributed by atoms with Crippen LogP contribution >= 0.6 is 0 Å². The summed E-state index contributed by atoms with van der Waals surface area (Å²) in [7, 11) is -3.69. The number of rotatable bonds is 4. The fourth-order valence-electron chi connectivity index (χ4n) is 3.22. The molecule has 1 aliphatic rings. The van der Waals surface area contributed by atoms with Crippen LogP contribution in [0, 0.1) is 19.8 Å². The van der Waals surface area contributed by atoms with Crippen LogP contribution in [0.25, 0.3) is 0 Å². The molecule has 1 amide bonds. The molecule has 2 N–H and O–H groups in total. The van der Waals surface area contributed by atoms with Gasteiger partial charge in [-0.25, -0.2) is 8.42 Å². The van der Waals surface area contributed by atoms with Crippen LogP contribution in [0.1, 0.15) is 36.5 Å². The number of amides is 1. The van der Waals surface area contributed by atoms with Gasteiger partial charge in [0.05, 0.1) is 10.8 Å². The summed E-state index contributed by atoms with van der Waals surface area (Å²) in [6, 6.07) is 10.5. The summed E-state index contributed by atoms with van der Waals surface area (Å²) < 4.78 is 28.2. The molecule has 2 aromatic carbocycles. The van der Waals surface area contributed by atoms with E-state index in [9.17, 15) is 13.2 Å². The highest BCUT2D eigenvalue weighted by atomic mass is 32.2. The Morgan fingerprint density at radius 1 is 1.08 bits per heavy atom. The number of anilines is 2. The quantitative estimate of drug-likeness (QED) is 0.873. The van der Waals surface area contributed by atoms with Crippen LogP contribution in [-0.4, -0.2) is 14.3 Å². The number of hydrogen-bond acceptors (Lipinski definition) is 3. The average Bonchev–Trinajstić information content (AvgIpc) is 2.84. The van der Waals surface area contributed by atoms with Gasteiger partial charge in [-0.2, -0.15) is 0 Å². The number of sulfonamides is 1. The van der Waals surface area contributed by atoms with E-state index in [2.05, 4.69) is 10.0 Å². The summed E-state index contributed by atoms with van der Waals surface area (Å²) in [4.78, 5) is 12.4. The Morgan fingerprint density at radius 3 is 2.48 bits per heavy atom. The molecular formula is C19H22N2O3S. The molecule has 0 aliphatic carbocycles. The minimum atomic E-state index is -3.69. The zero-order valence-corrected chi connectivity index (χ0v) is 15.6. The van der Waals surface area contributed by atoms with Crippen molar-refractivity contribution in [2.45, 2.75) is 38.5 Å². The second kappa shape index (κ2) is 6.19. The molecule has 1 unspecified atom stereocenters. The molecule has 3 rings (SSSR count). The highest BCUT2D eigenvalue weighted by molar-refractivity contribution is 7.92. The molecule has 0 saturated carbocycles. The van der Waals surface area contributed by atoms with Crippen LogP contribution < -0.4 is 10.0 Å². The van der Waals surface area contributed by atoms with Crippen molar-refractivity contribution in [2.75, 3.05) is 10.0 Å². The zero-order chi connectivity index (χ0) is 18.4. The van der Waals surface area contributed by atoms with E-state index in [0.29, 0.717) is 11.3 Å². The lowest BCUT2D eigenvalue weighted by atomic mass is 9.89. The van der Waals surface area contributed by atoms with Crippen molar-refractivity contribution in [2.24, 2.45) is 5.92 Å². The minimum Gasteiger partial charge on any atom is -0.325 e. The Kier molecular flexibility index (Phi) is 4.33. The summed E-state index contributed by atoms with van der Waals surface area (Å²) in [5.74, 6) is -0.174. The number of benzene rings is 2. The van der Waals surface area contributed by atoms with Gasteiger partial charge in [0.15, 0.2) is 0 Å². The van der Waals surface area contributed by atoms with Crippen LogP contribution in [0.2, 0.25) is 0 Å². The molecule has 0 bridgehead atoms. The van der Waals surface area contributed by atoms with Crippen LogP contribution in [0.15, 0.2) is 41.3 Å². The van der Waals surface area contributed by atoms with E-state index >= 15 is 0 Å². The van der Waals surface area contributed by atoms with E-state index in [0.717, 1.165) is 16.8 Å². The summed E-state index contributed by atoms with van der Waals surface area (Å²) in [5.41, 5.74) is 3.62. The van der Waals surface area contributed by atoms with Crippen molar-refractivity contribution in [1.29, 1.82) is 0 Å². The summed E-state index contributed by atoms with van der Waals surface area (Å²) in [6.07, 6.45) is 0. The van der Waals surface area contributed by atoms with E-state index in [1.807, 2.05) is 26.8 Å². The van der Waals surface area contributed by atoms with Gasteiger partial charge in [-0.3, -0.25) is 9.52 Å². The van der Waals surface area contributed by atoms with Crippen molar-refractivity contribution in [3.8, 4) is 0 Å². The highest BCUT2D eigenvalue weighted by Gasteiger charge is 2.33. The lowest BCUT2D eigenvalue weighted by molar-refractivity contribution is -0.117. The van der Waals surface area contributed by atoms with Crippen LogP contribution in [0.5, 0.6) is 0 Å². The van der Waals surface area contributed by atoms with Crippen LogP contribution in [0.4, 0.5) is 11.4 Å². The number of aryl methyl sites for hydroxylation is 2. The van der Waals surface area contributed by atoms with Crippen LogP contribution in [-0.2, 0) is 14.8 Å². The molecule has 0 radical (unpaired) electrons. The van der Waals surface area contributed by atoms with Gasteiger partial charge in [-0.1, -0.05) is 26.0 Å². The highest BCUT2D eigenvalue weighted by Crippen LogP contribution is 2.39. The fraction of sp³-hybridized carbons (Fsp3) is 0.316. The molecule has 1 atom stereocenters. The SMILES string of the molecule is Cc1ccc(C)c(S(=O)(=O)Nc2ccc3c(c2)C(C(C)C)C(=O)N3)c1. The second-order valence-corrected chi connectivity index (χ2v) is 8.54. The first-order valence-electron chi connectivity index (χ1n) is 8.24. The maximum Gasteiger partial charge on any atom is 0.262 e. The zero-order valence-electron chi connectivity index (χ0n) is 14.8. The molecule has 0 aromatic heterocycles. The first kappa shape index (κ1) is 17.5. The van der Waals surface area contributed by atoms with Gasteiger partial charge in [0.25, 0.3) is 10.0 Å². The van der Waals surface area contributed by atoms with E-state index in [1.54, 1.807) is 37.3 Å². The second-order valence-electron chi connectivity index (χ2n) is 6.89. The Hall–Kier alpha value is -2.34. The number of carbonyl (C=O) groups is 1. The third-order valence-electron chi connectivity index (χ3n) is 4.48. The smallest absolute Gasteiger partial charge is 0.262 e. The predicted molar refractivity (Wildman–Crippen MR) is 99.4 cm³/mol. The van der Waals surface area contributed by atoms with Crippen molar-refractivity contribution < 1.29 is 13.2 Å². The summed E-state index contributed by atoms with van der Waals surface area (Å²) in [5, 5.41) is 2.85. The molecule has 0 saturated heterocycles. The Labute approximate surface area is 148 Å². The first-order chi connectivity index (χ1) is 11.7. The van der Waals surface area contributed by atoms with Gasteiger partial charge in [-0.15, -0.1) is 0 Å². The Bertz CT molecular complexity index is 949. The predicted octanol–water partition coefficient (Wildman–Crippen LogP) is 3.80. The van der Waals surface area contributed by atoms with Crippen molar-refractivity contribution in [3.05, 3.63) is 53.1 Å². The number of hydrogen-bond donors (Lipinski definition) is 2. The molecular weight excluding hydrogens is 336 g/mol. The average molecular weight is 358 g/mol. The fourth-order valence-corrected chi connectivity index (χ4v) is 4.60. The van der Waals surface area contributed by atoms with E-state index in [-0.39, 0.29) is 22.6 Å². The van der Waals surface area contributed by atoms with Gasteiger partial charge in [0.2, 0.25) is 5.91 Å². The van der Waals surface area contributed by atoms with Crippen LogP contribution in [0.3, 0.4) is 0 Å². The van der Waals surface area contributed by atoms with E-state index in [4.69, 9.17) is 0 Å². The molecule has 2 aromatic rings. The monoisotopic (exact) mass is 358 g/mol. The molecule has 0 spiro atoms. The number of carbonyl (C=O) groups excluding carboxylic acids is 1. The lowest BCUT2D eigenvalue weighted by Crippen LogP contribution is -2.17. The lowest BCUT2D eigenvalue weighted by Gasteiger charge is -2.15. The van der Waals surface area contributed by atoms with E-state index in [1.165, 1.54) is 0 Å². The Morgan fingerprint density at radius 2 is 1.80 bits per heavy atom. The van der Waals surface area contributed by atoms with Gasteiger partial charge in [-0.05, 0) is 60.7 Å². The third kappa shape index (κ3) is 3.26. The molecule has 5 nitrogen and oxygen atoms in total. The largest absolute Gasteiger partial charge is 0.325 e. The van der Waals surface area contributed by atoms with Crippen molar-refractivity contribution in [1.82, 2.24) is 0 Å². The standard InChI is InChI=1S/C19H22N2O3S/c1-11(2)18-15-10-14(7-8-16(15)20-19(18)22)21-25(23,24)17-9-12(3)5-6-13(17)4/h5-11,18,21H,1-4H3,(H,20,22). The van der Waals surface area contributed by atoms with Gasteiger partial charge in [0.1, 0.15) is 0 Å². The maximum atomic E-state index is 12.8. The maximum absolute atomic E-state index is 12.8. The van der Waals surface area contributed by atoms with Gasteiger partial charge >= 0.3 is 0 Å². The third-order valence-corrected chi connectivity index (χ3v) is 6.00. The minimum absolute atomic E-state index is 0.0421. The van der Waals surface area contributed by atoms with Gasteiger partial charge < -0.3 is 5.32 Å². The molecule has 132 valence electrons. The van der Waals surface area contributed by atoms with Crippen molar-refractivity contribution in [3.63, 3.8) is 0 Å². The number of fused-ring (bicyclic) bond motifs is 1. The Balaban J connectivity index is 1.97. The summed E-state index contributed by atoms with van der Waals surface area (Å²) in [6.45, 7) is 7.59. The molecule has 0 fully saturated rings. The number of nitrogens with one attached hydrogen (secondary N) is 2. The summed E-state index contributed by atoms with van der Waals surface area (Å²) >= 11 is 0. The normalized spacial score (nSPS) is 16.7. The molecule has 6 heteroatoms. The van der Waals surface area contributed by atoms with Gasteiger partial charge in [0, 0.05) is 11.4 Å². The molecule has 1 heterocycles. The van der Waals surface area contributed by atoms with E-state index < -0.39 is 10.0 Å². The molecule has 1 aliphatic heterocycles. The molecule has 25 heavy (non-hydrogen) atoms. The van der Waals surface area contributed by atoms with Crippen molar-refractivity contribution >= 4 is 27.3 Å².